The number of ether oxygens (including phenoxy) is 1. The molecule has 0 unspecified atom stereocenters. The highest BCUT2D eigenvalue weighted by atomic mass is 19.4. The number of Topliss-reactive ketones (excluding diaryl/α,β-unsaturated/α-hetero) is 1. The van der Waals surface area contributed by atoms with Gasteiger partial charge in [0, 0.05) is 35.5 Å². The second-order valence-electron chi connectivity index (χ2n) is 5.83. The SMILES string of the molecule is CC(=O)Cc1cc(C(=O)NCc2cccc(OC(F)(F)F)c2F)cc(C)n1. The molecule has 1 aromatic heterocycles. The van der Waals surface area contributed by atoms with E-state index in [1.807, 2.05) is 0 Å². The van der Waals surface area contributed by atoms with E-state index in [9.17, 15) is 27.2 Å². The van der Waals surface area contributed by atoms with Gasteiger partial charge in [0.15, 0.2) is 11.6 Å². The molecule has 2 aromatic rings. The summed E-state index contributed by atoms with van der Waals surface area (Å²) >= 11 is 0. The summed E-state index contributed by atoms with van der Waals surface area (Å²) in [6.07, 6.45) is -4.96. The van der Waals surface area contributed by atoms with Crippen LogP contribution in [-0.2, 0) is 17.8 Å². The maximum absolute atomic E-state index is 14.1. The fraction of sp³-hybridized carbons (Fsp3) is 0.278. The van der Waals surface area contributed by atoms with Crippen molar-refractivity contribution in [2.45, 2.75) is 33.2 Å². The van der Waals surface area contributed by atoms with Gasteiger partial charge in [0.25, 0.3) is 5.91 Å². The van der Waals surface area contributed by atoms with Gasteiger partial charge in [0.1, 0.15) is 5.78 Å². The Balaban J connectivity index is 2.13. The van der Waals surface area contributed by atoms with Crippen LogP contribution in [0.3, 0.4) is 0 Å². The largest absolute Gasteiger partial charge is 0.573 e. The average Bonchev–Trinajstić information content (AvgIpc) is 2.53. The number of pyridine rings is 1. The van der Waals surface area contributed by atoms with Gasteiger partial charge in [0.2, 0.25) is 0 Å². The molecule has 0 radical (unpaired) electrons. The summed E-state index contributed by atoms with van der Waals surface area (Å²) in [6, 6.07) is 6.18. The molecule has 0 bridgehead atoms. The number of alkyl halides is 3. The van der Waals surface area contributed by atoms with Crippen molar-refractivity contribution in [3.8, 4) is 5.75 Å². The number of carbonyl (C=O) groups excluding carboxylic acids is 2. The fourth-order valence-corrected chi connectivity index (χ4v) is 2.39. The molecule has 0 saturated heterocycles. The molecule has 5 nitrogen and oxygen atoms in total. The Labute approximate surface area is 152 Å². The Bertz CT molecular complexity index is 866. The Morgan fingerprint density at radius 2 is 1.93 bits per heavy atom. The van der Waals surface area contributed by atoms with E-state index < -0.39 is 23.8 Å². The van der Waals surface area contributed by atoms with Crippen LogP contribution in [0, 0.1) is 12.7 Å². The zero-order chi connectivity index (χ0) is 20.2. The van der Waals surface area contributed by atoms with E-state index in [1.165, 1.54) is 31.2 Å². The quantitative estimate of drug-likeness (QED) is 0.775. The van der Waals surface area contributed by atoms with Gasteiger partial charge in [-0.05, 0) is 32.0 Å². The molecule has 0 spiro atoms. The highest BCUT2D eigenvalue weighted by Gasteiger charge is 2.32. The second-order valence-corrected chi connectivity index (χ2v) is 5.83. The number of nitrogens with zero attached hydrogens (tertiary/aromatic N) is 1. The Hall–Kier alpha value is -2.97. The lowest BCUT2D eigenvalue weighted by Crippen LogP contribution is -2.24. The van der Waals surface area contributed by atoms with Crippen LogP contribution in [0.4, 0.5) is 17.6 Å². The summed E-state index contributed by atoms with van der Waals surface area (Å²) in [7, 11) is 0. The minimum atomic E-state index is -5.02. The lowest BCUT2D eigenvalue weighted by molar-refractivity contribution is -0.275. The number of benzene rings is 1. The first-order valence-corrected chi connectivity index (χ1v) is 7.83. The van der Waals surface area contributed by atoms with Crippen LogP contribution >= 0.6 is 0 Å². The Kier molecular flexibility index (Phi) is 6.14. The van der Waals surface area contributed by atoms with E-state index in [4.69, 9.17) is 0 Å². The molecule has 0 aliphatic rings. The number of halogens is 4. The molecule has 0 atom stereocenters. The number of rotatable bonds is 6. The monoisotopic (exact) mass is 384 g/mol. The molecule has 1 aromatic carbocycles. The standard InChI is InChI=1S/C18H16F4N2O3/c1-10-6-13(8-14(24-10)7-11(2)25)17(26)23-9-12-4-3-5-15(16(12)19)27-18(20,21)22/h3-6,8H,7,9H2,1-2H3,(H,23,26). The van der Waals surface area contributed by atoms with Crippen molar-refractivity contribution >= 4 is 11.7 Å². The van der Waals surface area contributed by atoms with Crippen molar-refractivity contribution in [2.24, 2.45) is 0 Å². The van der Waals surface area contributed by atoms with Crippen LogP contribution in [0.15, 0.2) is 30.3 Å². The highest BCUT2D eigenvalue weighted by Crippen LogP contribution is 2.27. The minimum Gasteiger partial charge on any atom is -0.403 e. The van der Waals surface area contributed by atoms with Crippen molar-refractivity contribution in [1.82, 2.24) is 10.3 Å². The van der Waals surface area contributed by atoms with E-state index in [-0.39, 0.29) is 29.9 Å². The van der Waals surface area contributed by atoms with Crippen LogP contribution in [0.5, 0.6) is 5.75 Å². The van der Waals surface area contributed by atoms with Gasteiger partial charge in [-0.3, -0.25) is 14.6 Å². The molecule has 0 saturated carbocycles. The van der Waals surface area contributed by atoms with Crippen molar-refractivity contribution in [2.75, 3.05) is 0 Å². The molecule has 1 heterocycles. The minimum absolute atomic E-state index is 0.0629. The van der Waals surface area contributed by atoms with Crippen LogP contribution < -0.4 is 10.1 Å². The number of carbonyl (C=O) groups is 2. The van der Waals surface area contributed by atoms with Crippen LogP contribution in [0.1, 0.15) is 34.2 Å². The van der Waals surface area contributed by atoms with Gasteiger partial charge >= 0.3 is 6.36 Å². The highest BCUT2D eigenvalue weighted by molar-refractivity contribution is 5.94. The Morgan fingerprint density at radius 3 is 2.56 bits per heavy atom. The summed E-state index contributed by atoms with van der Waals surface area (Å²) < 4.78 is 54.5. The summed E-state index contributed by atoms with van der Waals surface area (Å²) in [5, 5.41) is 2.43. The molecule has 2 rings (SSSR count). The second kappa shape index (κ2) is 8.15. The molecule has 9 heteroatoms. The third-order valence-electron chi connectivity index (χ3n) is 3.41. The van der Waals surface area contributed by atoms with Gasteiger partial charge in [-0.1, -0.05) is 12.1 Å². The third-order valence-corrected chi connectivity index (χ3v) is 3.41. The van der Waals surface area contributed by atoms with E-state index in [0.29, 0.717) is 11.4 Å². The van der Waals surface area contributed by atoms with E-state index >= 15 is 0 Å². The first-order valence-electron chi connectivity index (χ1n) is 7.83. The maximum atomic E-state index is 14.1. The molecule has 27 heavy (non-hydrogen) atoms. The van der Waals surface area contributed by atoms with Gasteiger partial charge in [0.05, 0.1) is 0 Å². The van der Waals surface area contributed by atoms with Crippen molar-refractivity contribution in [3.05, 3.63) is 58.7 Å². The van der Waals surface area contributed by atoms with Crippen molar-refractivity contribution < 1.29 is 31.9 Å². The van der Waals surface area contributed by atoms with Crippen LogP contribution in [-0.4, -0.2) is 23.0 Å². The number of hydrogen-bond donors (Lipinski definition) is 1. The smallest absolute Gasteiger partial charge is 0.403 e. The fourth-order valence-electron chi connectivity index (χ4n) is 2.39. The van der Waals surface area contributed by atoms with Crippen molar-refractivity contribution in [1.29, 1.82) is 0 Å². The van der Waals surface area contributed by atoms with Crippen LogP contribution in [0.25, 0.3) is 0 Å². The first kappa shape index (κ1) is 20.3. The molecular weight excluding hydrogens is 368 g/mol. The summed E-state index contributed by atoms with van der Waals surface area (Å²) in [4.78, 5) is 27.6. The van der Waals surface area contributed by atoms with Crippen molar-refractivity contribution in [3.63, 3.8) is 0 Å². The van der Waals surface area contributed by atoms with Gasteiger partial charge in [-0.2, -0.15) is 0 Å². The maximum Gasteiger partial charge on any atom is 0.573 e. The molecule has 0 fully saturated rings. The summed E-state index contributed by atoms with van der Waals surface area (Å²) in [5.74, 6) is -2.88. The summed E-state index contributed by atoms with van der Waals surface area (Å²) in [6.45, 7) is 2.70. The number of amides is 1. The molecule has 1 N–H and O–H groups in total. The zero-order valence-electron chi connectivity index (χ0n) is 14.5. The predicted molar refractivity (Wildman–Crippen MR) is 87.6 cm³/mol. The van der Waals surface area contributed by atoms with E-state index in [1.54, 1.807) is 6.92 Å². The Morgan fingerprint density at radius 1 is 1.22 bits per heavy atom. The van der Waals surface area contributed by atoms with E-state index in [2.05, 4.69) is 15.0 Å². The van der Waals surface area contributed by atoms with E-state index in [0.717, 1.165) is 6.07 Å². The molecule has 1 amide bonds. The number of aryl methyl sites for hydroxylation is 1. The number of hydrogen-bond acceptors (Lipinski definition) is 4. The predicted octanol–water partition coefficient (Wildman–Crippen LogP) is 3.49. The molecular formula is C18H16F4N2O3. The lowest BCUT2D eigenvalue weighted by atomic mass is 10.1. The molecule has 0 aliphatic heterocycles. The number of nitrogens with one attached hydrogen (secondary N) is 1. The van der Waals surface area contributed by atoms with Crippen LogP contribution in [0.2, 0.25) is 0 Å². The van der Waals surface area contributed by atoms with Gasteiger partial charge in [-0.15, -0.1) is 13.2 Å². The molecule has 0 aliphatic carbocycles. The first-order chi connectivity index (χ1) is 12.5. The van der Waals surface area contributed by atoms with Gasteiger partial charge < -0.3 is 10.1 Å². The average molecular weight is 384 g/mol. The number of aromatic nitrogens is 1. The lowest BCUT2D eigenvalue weighted by Gasteiger charge is -2.12. The summed E-state index contributed by atoms with van der Waals surface area (Å²) in [5.41, 5.74) is 0.978. The third kappa shape index (κ3) is 6.05. The zero-order valence-corrected chi connectivity index (χ0v) is 14.5. The molecule has 144 valence electrons. The van der Waals surface area contributed by atoms with Gasteiger partial charge in [-0.25, -0.2) is 4.39 Å². The normalized spacial score (nSPS) is 11.2. The topological polar surface area (TPSA) is 68.3 Å². The number of ketones is 1.